The topological polar surface area (TPSA) is 34.1 Å². The molecule has 0 atom stereocenters. The zero-order valence-electron chi connectivity index (χ0n) is 8.58. The molecule has 0 amide bonds. The highest BCUT2D eigenvalue weighted by molar-refractivity contribution is 6.30. The van der Waals surface area contributed by atoms with E-state index < -0.39 is 0 Å². The van der Waals surface area contributed by atoms with Crippen LogP contribution < -0.4 is 10.1 Å². The molecule has 15 heavy (non-hydrogen) atoms. The maximum absolute atomic E-state index is 5.89. The van der Waals surface area contributed by atoms with Crippen LogP contribution in [0.5, 0.6) is 5.75 Å². The summed E-state index contributed by atoms with van der Waals surface area (Å²) in [5, 5.41) is 3.78. The van der Waals surface area contributed by atoms with Crippen LogP contribution in [0.15, 0.2) is 18.3 Å². The number of nitrogens with zero attached hydrogens (tertiary/aromatic N) is 1. The lowest BCUT2D eigenvalue weighted by Crippen LogP contribution is -2.30. The summed E-state index contributed by atoms with van der Waals surface area (Å²) in [5.74, 6) is 1.33. The second-order valence-electron chi connectivity index (χ2n) is 3.80. The highest BCUT2D eigenvalue weighted by Crippen LogP contribution is 2.22. The second-order valence-corrected chi connectivity index (χ2v) is 4.15. The van der Waals surface area contributed by atoms with Gasteiger partial charge in [0.25, 0.3) is 0 Å². The first-order valence-electron chi connectivity index (χ1n) is 5.30. The molecule has 1 aliphatic heterocycles. The standard InChI is InChI=1S/C11H15ClN2O/c12-11-10(2-1-5-14-11)15-8-9-3-6-13-7-4-9/h1-2,5,9,13H,3-4,6-8H2. The summed E-state index contributed by atoms with van der Waals surface area (Å²) in [7, 11) is 0. The van der Waals surface area contributed by atoms with E-state index in [1.165, 1.54) is 12.8 Å². The highest BCUT2D eigenvalue weighted by atomic mass is 35.5. The van der Waals surface area contributed by atoms with Gasteiger partial charge in [0.05, 0.1) is 6.61 Å². The molecule has 0 saturated carbocycles. The van der Waals surface area contributed by atoms with E-state index in [0.29, 0.717) is 16.8 Å². The average Bonchev–Trinajstić information content (AvgIpc) is 2.29. The number of halogens is 1. The molecule has 3 nitrogen and oxygen atoms in total. The molecule has 1 aliphatic rings. The first-order valence-corrected chi connectivity index (χ1v) is 5.68. The van der Waals surface area contributed by atoms with E-state index in [4.69, 9.17) is 16.3 Å². The second kappa shape index (κ2) is 5.33. The summed E-state index contributed by atoms with van der Waals surface area (Å²) in [6, 6.07) is 3.69. The van der Waals surface area contributed by atoms with Gasteiger partial charge in [-0.05, 0) is 44.0 Å². The number of hydrogen-bond donors (Lipinski definition) is 1. The molecular weight excluding hydrogens is 212 g/mol. The van der Waals surface area contributed by atoms with Gasteiger partial charge in [0.2, 0.25) is 0 Å². The van der Waals surface area contributed by atoms with Crippen LogP contribution in [0, 0.1) is 5.92 Å². The van der Waals surface area contributed by atoms with Crippen molar-refractivity contribution in [3.63, 3.8) is 0 Å². The Morgan fingerprint density at radius 3 is 3.00 bits per heavy atom. The average molecular weight is 227 g/mol. The van der Waals surface area contributed by atoms with Gasteiger partial charge < -0.3 is 10.1 Å². The van der Waals surface area contributed by atoms with Crippen LogP contribution in [0.25, 0.3) is 0 Å². The summed E-state index contributed by atoms with van der Waals surface area (Å²) >= 11 is 5.89. The van der Waals surface area contributed by atoms with E-state index in [2.05, 4.69) is 10.3 Å². The van der Waals surface area contributed by atoms with Crippen molar-refractivity contribution in [1.82, 2.24) is 10.3 Å². The number of ether oxygens (including phenoxy) is 1. The Labute approximate surface area is 94.8 Å². The largest absolute Gasteiger partial charge is 0.490 e. The van der Waals surface area contributed by atoms with E-state index in [9.17, 15) is 0 Å². The Morgan fingerprint density at radius 2 is 2.27 bits per heavy atom. The molecule has 1 N–H and O–H groups in total. The monoisotopic (exact) mass is 226 g/mol. The number of nitrogens with one attached hydrogen (secondary N) is 1. The normalized spacial score (nSPS) is 17.7. The van der Waals surface area contributed by atoms with Crippen molar-refractivity contribution in [1.29, 1.82) is 0 Å². The molecule has 0 unspecified atom stereocenters. The third kappa shape index (κ3) is 3.08. The Kier molecular flexibility index (Phi) is 3.80. The molecule has 0 radical (unpaired) electrons. The van der Waals surface area contributed by atoms with Crippen molar-refractivity contribution in [3.05, 3.63) is 23.5 Å². The molecule has 0 spiro atoms. The number of rotatable bonds is 3. The van der Waals surface area contributed by atoms with Crippen LogP contribution in [0.4, 0.5) is 0 Å². The minimum Gasteiger partial charge on any atom is -0.490 e. The molecule has 1 fully saturated rings. The molecule has 1 aromatic rings. The smallest absolute Gasteiger partial charge is 0.171 e. The predicted molar refractivity (Wildman–Crippen MR) is 60.3 cm³/mol. The van der Waals surface area contributed by atoms with Crippen molar-refractivity contribution in [2.45, 2.75) is 12.8 Å². The fourth-order valence-corrected chi connectivity index (χ4v) is 1.91. The van der Waals surface area contributed by atoms with Gasteiger partial charge in [-0.3, -0.25) is 0 Å². The summed E-state index contributed by atoms with van der Waals surface area (Å²) in [4.78, 5) is 3.97. The molecule has 82 valence electrons. The lowest BCUT2D eigenvalue weighted by atomic mass is 9.99. The van der Waals surface area contributed by atoms with Crippen LogP contribution in [0.3, 0.4) is 0 Å². The van der Waals surface area contributed by atoms with Gasteiger partial charge in [0.15, 0.2) is 10.9 Å². The minimum atomic E-state index is 0.450. The lowest BCUT2D eigenvalue weighted by Gasteiger charge is -2.22. The third-order valence-corrected chi connectivity index (χ3v) is 2.94. The van der Waals surface area contributed by atoms with Crippen LogP contribution in [0.2, 0.25) is 5.15 Å². The number of hydrogen-bond acceptors (Lipinski definition) is 3. The minimum absolute atomic E-state index is 0.450. The van der Waals surface area contributed by atoms with Crippen molar-refractivity contribution >= 4 is 11.6 Å². The van der Waals surface area contributed by atoms with Gasteiger partial charge in [0, 0.05) is 6.20 Å². The van der Waals surface area contributed by atoms with E-state index in [0.717, 1.165) is 19.7 Å². The van der Waals surface area contributed by atoms with E-state index >= 15 is 0 Å². The Bertz CT molecular complexity index is 313. The molecule has 4 heteroatoms. The van der Waals surface area contributed by atoms with Crippen molar-refractivity contribution in [3.8, 4) is 5.75 Å². The van der Waals surface area contributed by atoms with Gasteiger partial charge in [-0.15, -0.1) is 0 Å². The van der Waals surface area contributed by atoms with Gasteiger partial charge in [-0.1, -0.05) is 11.6 Å². The molecule has 1 saturated heterocycles. The summed E-state index contributed by atoms with van der Waals surface area (Å²) in [5.41, 5.74) is 0. The first kappa shape index (κ1) is 10.7. The van der Waals surface area contributed by atoms with Crippen molar-refractivity contribution in [2.24, 2.45) is 5.92 Å². The SMILES string of the molecule is Clc1ncccc1OCC1CCNCC1. The van der Waals surface area contributed by atoms with E-state index in [1.807, 2.05) is 12.1 Å². The lowest BCUT2D eigenvalue weighted by molar-refractivity contribution is 0.215. The third-order valence-electron chi connectivity index (χ3n) is 2.66. The van der Waals surface area contributed by atoms with E-state index in [1.54, 1.807) is 6.20 Å². The maximum atomic E-state index is 5.89. The molecule has 0 bridgehead atoms. The molecule has 1 aromatic heterocycles. The zero-order chi connectivity index (χ0) is 10.5. The molecule has 2 heterocycles. The first-order chi connectivity index (χ1) is 7.36. The zero-order valence-corrected chi connectivity index (χ0v) is 9.33. The van der Waals surface area contributed by atoms with Gasteiger partial charge in [-0.2, -0.15) is 0 Å². The van der Waals surface area contributed by atoms with Crippen LogP contribution in [0.1, 0.15) is 12.8 Å². The molecule has 2 rings (SSSR count). The Balaban J connectivity index is 1.84. The molecule has 0 aliphatic carbocycles. The Morgan fingerprint density at radius 1 is 1.47 bits per heavy atom. The molecule has 0 aromatic carbocycles. The number of aromatic nitrogens is 1. The summed E-state index contributed by atoms with van der Waals surface area (Å²) < 4.78 is 5.65. The fraction of sp³-hybridized carbons (Fsp3) is 0.545. The summed E-state index contributed by atoms with van der Waals surface area (Å²) in [6.45, 7) is 2.93. The molecular formula is C11H15ClN2O. The van der Waals surface area contributed by atoms with E-state index in [-0.39, 0.29) is 0 Å². The summed E-state index contributed by atoms with van der Waals surface area (Å²) in [6.07, 6.45) is 4.02. The number of piperidine rings is 1. The van der Waals surface area contributed by atoms with Crippen molar-refractivity contribution < 1.29 is 4.74 Å². The van der Waals surface area contributed by atoms with Crippen LogP contribution in [-0.2, 0) is 0 Å². The van der Waals surface area contributed by atoms with Crippen LogP contribution >= 0.6 is 11.6 Å². The quantitative estimate of drug-likeness (QED) is 0.802. The van der Waals surface area contributed by atoms with Gasteiger partial charge in [-0.25, -0.2) is 4.98 Å². The van der Waals surface area contributed by atoms with Gasteiger partial charge >= 0.3 is 0 Å². The number of pyridine rings is 1. The highest BCUT2D eigenvalue weighted by Gasteiger charge is 2.14. The predicted octanol–water partition coefficient (Wildman–Crippen LogP) is 2.11. The van der Waals surface area contributed by atoms with Crippen molar-refractivity contribution in [2.75, 3.05) is 19.7 Å². The van der Waals surface area contributed by atoms with Gasteiger partial charge in [0.1, 0.15) is 0 Å². The van der Waals surface area contributed by atoms with Crippen LogP contribution in [-0.4, -0.2) is 24.7 Å². The maximum Gasteiger partial charge on any atom is 0.171 e. The fourth-order valence-electron chi connectivity index (χ4n) is 1.73. The Hall–Kier alpha value is -0.800.